The van der Waals surface area contributed by atoms with Gasteiger partial charge in [0.05, 0.1) is 6.61 Å². The first-order valence-corrected chi connectivity index (χ1v) is 6.34. The number of halogens is 1. The third kappa shape index (κ3) is 5.46. The average Bonchev–Trinajstić information content (AvgIpc) is 2.36. The van der Waals surface area contributed by atoms with Crippen LogP contribution in [0, 0.1) is 0 Å². The van der Waals surface area contributed by atoms with E-state index in [-0.39, 0.29) is 18.6 Å². The Labute approximate surface area is 118 Å². The molecular weight excluding hydrogens is 268 g/mol. The van der Waals surface area contributed by atoms with Gasteiger partial charge in [0, 0.05) is 24.7 Å². The van der Waals surface area contributed by atoms with Gasteiger partial charge in [0.25, 0.3) is 5.91 Å². The normalized spacial score (nSPS) is 12.0. The van der Waals surface area contributed by atoms with Crippen molar-refractivity contribution in [3.8, 4) is 5.75 Å². The number of amides is 1. The Bertz CT molecular complexity index is 426. The number of benzene rings is 1. The summed E-state index contributed by atoms with van der Waals surface area (Å²) >= 11 is 5.99. The lowest BCUT2D eigenvalue weighted by Gasteiger charge is -2.13. The summed E-state index contributed by atoms with van der Waals surface area (Å²) in [4.78, 5) is 11.6. The van der Waals surface area contributed by atoms with Gasteiger partial charge in [0.15, 0.2) is 6.61 Å². The molecule has 0 aromatic heterocycles. The van der Waals surface area contributed by atoms with Crippen molar-refractivity contribution < 1.29 is 14.3 Å². The van der Waals surface area contributed by atoms with E-state index >= 15 is 0 Å². The molecule has 1 unspecified atom stereocenters. The van der Waals surface area contributed by atoms with E-state index in [1.54, 1.807) is 25.3 Å². The molecule has 0 saturated carbocycles. The number of ether oxygens (including phenoxy) is 2. The monoisotopic (exact) mass is 286 g/mol. The third-order valence-electron chi connectivity index (χ3n) is 2.44. The highest BCUT2D eigenvalue weighted by Crippen LogP contribution is 2.22. The van der Waals surface area contributed by atoms with Gasteiger partial charge < -0.3 is 20.5 Å². The zero-order valence-electron chi connectivity index (χ0n) is 11.1. The van der Waals surface area contributed by atoms with E-state index in [1.807, 2.05) is 6.92 Å². The maximum atomic E-state index is 11.6. The quantitative estimate of drug-likeness (QED) is 0.793. The number of methoxy groups -OCH3 is 1. The fourth-order valence-electron chi connectivity index (χ4n) is 1.54. The van der Waals surface area contributed by atoms with Crippen molar-refractivity contribution in [2.45, 2.75) is 19.5 Å². The highest BCUT2D eigenvalue weighted by atomic mass is 35.5. The van der Waals surface area contributed by atoms with Crippen LogP contribution in [0.15, 0.2) is 18.2 Å². The summed E-state index contributed by atoms with van der Waals surface area (Å²) < 4.78 is 10.3. The van der Waals surface area contributed by atoms with Crippen molar-refractivity contribution >= 4 is 17.5 Å². The van der Waals surface area contributed by atoms with Crippen LogP contribution in [-0.2, 0) is 16.1 Å². The third-order valence-corrected chi connectivity index (χ3v) is 2.79. The molecule has 0 fully saturated rings. The highest BCUT2D eigenvalue weighted by molar-refractivity contribution is 6.31. The zero-order valence-corrected chi connectivity index (χ0v) is 11.9. The molecule has 0 heterocycles. The average molecular weight is 287 g/mol. The van der Waals surface area contributed by atoms with E-state index in [2.05, 4.69) is 5.32 Å². The highest BCUT2D eigenvalue weighted by Gasteiger charge is 2.08. The van der Waals surface area contributed by atoms with Crippen molar-refractivity contribution in [3.05, 3.63) is 28.8 Å². The van der Waals surface area contributed by atoms with Crippen molar-refractivity contribution in [3.63, 3.8) is 0 Å². The summed E-state index contributed by atoms with van der Waals surface area (Å²) in [7, 11) is 1.58. The molecule has 1 aromatic rings. The van der Waals surface area contributed by atoms with Crippen LogP contribution < -0.4 is 15.8 Å². The van der Waals surface area contributed by atoms with Crippen LogP contribution in [0.3, 0.4) is 0 Å². The molecule has 1 rings (SSSR count). The molecule has 0 saturated heterocycles. The molecule has 0 radical (unpaired) electrons. The summed E-state index contributed by atoms with van der Waals surface area (Å²) in [6.07, 6.45) is 0. The summed E-state index contributed by atoms with van der Waals surface area (Å²) in [5.74, 6) is 0.334. The molecule has 6 heteroatoms. The maximum absolute atomic E-state index is 11.6. The molecule has 0 spiro atoms. The fourth-order valence-corrected chi connectivity index (χ4v) is 1.79. The molecule has 19 heavy (non-hydrogen) atoms. The minimum atomic E-state index is -0.205. The van der Waals surface area contributed by atoms with Crippen LogP contribution >= 0.6 is 11.6 Å². The maximum Gasteiger partial charge on any atom is 0.258 e. The molecule has 3 N–H and O–H groups in total. The van der Waals surface area contributed by atoms with Crippen molar-refractivity contribution in [1.29, 1.82) is 0 Å². The van der Waals surface area contributed by atoms with Crippen LogP contribution in [0.4, 0.5) is 0 Å². The summed E-state index contributed by atoms with van der Waals surface area (Å²) in [5.41, 5.74) is 6.34. The molecular formula is C13H19ClN2O3. The number of nitrogens with two attached hydrogens (primary N) is 1. The second-order valence-corrected chi connectivity index (χ2v) is 4.58. The van der Waals surface area contributed by atoms with Gasteiger partial charge in [0.1, 0.15) is 5.75 Å². The van der Waals surface area contributed by atoms with E-state index in [1.165, 1.54) is 0 Å². The first-order chi connectivity index (χ1) is 9.06. The number of hydrogen-bond donors (Lipinski definition) is 2. The van der Waals surface area contributed by atoms with Gasteiger partial charge in [-0.1, -0.05) is 17.7 Å². The molecule has 0 bridgehead atoms. The molecule has 5 nitrogen and oxygen atoms in total. The van der Waals surface area contributed by atoms with Crippen LogP contribution in [0.1, 0.15) is 12.5 Å². The van der Waals surface area contributed by atoms with Gasteiger partial charge in [-0.25, -0.2) is 0 Å². The lowest BCUT2D eigenvalue weighted by Crippen LogP contribution is -2.38. The molecule has 1 atom stereocenters. The predicted octanol–water partition coefficient (Wildman–Crippen LogP) is 1.33. The van der Waals surface area contributed by atoms with E-state index < -0.39 is 0 Å². The topological polar surface area (TPSA) is 73.6 Å². The van der Waals surface area contributed by atoms with Crippen molar-refractivity contribution in [1.82, 2.24) is 5.32 Å². The number of carbonyl (C=O) groups is 1. The van der Waals surface area contributed by atoms with E-state index in [9.17, 15) is 4.79 Å². The summed E-state index contributed by atoms with van der Waals surface area (Å²) in [5, 5.41) is 3.28. The Hall–Kier alpha value is -1.30. The molecule has 1 aromatic carbocycles. The Balaban J connectivity index is 2.44. The molecule has 1 amide bonds. The van der Waals surface area contributed by atoms with Crippen LogP contribution in [-0.4, -0.2) is 32.3 Å². The Kier molecular flexibility index (Phi) is 6.62. The zero-order chi connectivity index (χ0) is 14.3. The van der Waals surface area contributed by atoms with Crippen LogP contribution in [0.25, 0.3) is 0 Å². The largest absolute Gasteiger partial charge is 0.484 e. The molecule has 0 aliphatic carbocycles. The summed E-state index contributed by atoms with van der Waals surface area (Å²) in [6.45, 7) is 2.62. The van der Waals surface area contributed by atoms with Gasteiger partial charge in [0.2, 0.25) is 0 Å². The predicted molar refractivity (Wildman–Crippen MR) is 74.3 cm³/mol. The fraction of sp³-hybridized carbons (Fsp3) is 0.462. The minimum absolute atomic E-state index is 0.0516. The Morgan fingerprint density at radius 2 is 2.26 bits per heavy atom. The van der Waals surface area contributed by atoms with Gasteiger partial charge in [-0.05, 0) is 24.6 Å². The van der Waals surface area contributed by atoms with Gasteiger partial charge in [-0.15, -0.1) is 0 Å². The lowest BCUT2D eigenvalue weighted by atomic mass is 10.2. The minimum Gasteiger partial charge on any atom is -0.484 e. The first-order valence-electron chi connectivity index (χ1n) is 5.96. The second-order valence-electron chi connectivity index (χ2n) is 4.17. The van der Waals surface area contributed by atoms with E-state index in [0.717, 1.165) is 5.56 Å². The number of rotatable bonds is 7. The molecule has 0 aliphatic rings. The molecule has 106 valence electrons. The van der Waals surface area contributed by atoms with Crippen LogP contribution in [0.5, 0.6) is 5.75 Å². The van der Waals surface area contributed by atoms with Gasteiger partial charge in [-0.2, -0.15) is 0 Å². The molecule has 0 aliphatic heterocycles. The number of nitrogens with one attached hydrogen (secondary N) is 1. The van der Waals surface area contributed by atoms with Gasteiger partial charge in [-0.3, -0.25) is 4.79 Å². The Morgan fingerprint density at radius 3 is 2.84 bits per heavy atom. The first kappa shape index (κ1) is 15.8. The smallest absolute Gasteiger partial charge is 0.258 e. The van der Waals surface area contributed by atoms with E-state index in [4.69, 9.17) is 26.8 Å². The van der Waals surface area contributed by atoms with E-state index in [0.29, 0.717) is 23.9 Å². The summed E-state index contributed by atoms with van der Waals surface area (Å²) in [6, 6.07) is 5.11. The van der Waals surface area contributed by atoms with Crippen molar-refractivity contribution in [2.75, 3.05) is 20.3 Å². The van der Waals surface area contributed by atoms with Crippen LogP contribution in [0.2, 0.25) is 5.02 Å². The standard InChI is InChI=1S/C13H19ClN2O3/c1-9(7-18-2)16-13(17)8-19-11-4-3-10(6-15)12(14)5-11/h3-5,9H,6-8,15H2,1-2H3,(H,16,17). The van der Waals surface area contributed by atoms with Crippen molar-refractivity contribution in [2.24, 2.45) is 5.73 Å². The number of carbonyl (C=O) groups excluding carboxylic acids is 1. The SMILES string of the molecule is COCC(C)NC(=O)COc1ccc(CN)c(Cl)c1. The van der Waals surface area contributed by atoms with Gasteiger partial charge >= 0.3 is 0 Å². The number of hydrogen-bond acceptors (Lipinski definition) is 4. The lowest BCUT2D eigenvalue weighted by molar-refractivity contribution is -0.124. The Morgan fingerprint density at radius 1 is 1.53 bits per heavy atom. The second kappa shape index (κ2) is 7.99.